The van der Waals surface area contributed by atoms with Crippen LogP contribution in [0.5, 0.6) is 0 Å². The molecule has 1 saturated heterocycles. The van der Waals surface area contributed by atoms with Crippen LogP contribution in [0.4, 0.5) is 16.4 Å². The van der Waals surface area contributed by atoms with Crippen molar-refractivity contribution in [2.24, 2.45) is 5.73 Å². The van der Waals surface area contributed by atoms with E-state index in [2.05, 4.69) is 39.5 Å². The number of rotatable bonds is 6. The summed E-state index contributed by atoms with van der Waals surface area (Å²) in [6, 6.07) is 13.5. The van der Waals surface area contributed by atoms with Gasteiger partial charge in [0.15, 0.2) is 0 Å². The number of nitrogens with one attached hydrogen (secondary N) is 1. The molecule has 0 bridgehead atoms. The van der Waals surface area contributed by atoms with Gasteiger partial charge in [-0.1, -0.05) is 0 Å². The van der Waals surface area contributed by atoms with Gasteiger partial charge >= 0.3 is 6.03 Å². The van der Waals surface area contributed by atoms with Gasteiger partial charge in [0.2, 0.25) is 0 Å². The van der Waals surface area contributed by atoms with Crippen molar-refractivity contribution in [2.75, 3.05) is 31.5 Å². The first kappa shape index (κ1) is 22.7. The van der Waals surface area contributed by atoms with Gasteiger partial charge in [0.25, 0.3) is 0 Å². The number of carbonyl (C=O) groups excluding carboxylic acids is 1. The number of nitriles is 1. The van der Waals surface area contributed by atoms with Crippen molar-refractivity contribution in [3.8, 4) is 17.3 Å². The zero-order valence-corrected chi connectivity index (χ0v) is 19.5. The second-order valence-corrected chi connectivity index (χ2v) is 9.10. The minimum atomic E-state index is -0.349. The average molecular weight is 469 g/mol. The number of aromatic nitrogens is 3. The minimum absolute atomic E-state index is 0.349. The van der Waals surface area contributed by atoms with Crippen molar-refractivity contribution in [3.05, 3.63) is 65.6 Å². The molecular weight excluding hydrogens is 440 g/mol. The molecule has 0 aromatic carbocycles. The van der Waals surface area contributed by atoms with Crippen molar-refractivity contribution in [2.45, 2.75) is 31.7 Å². The van der Waals surface area contributed by atoms with Crippen LogP contribution in [0.15, 0.2) is 48.8 Å². The van der Waals surface area contributed by atoms with Crippen LogP contribution in [0.25, 0.3) is 11.3 Å². The average Bonchev–Trinajstić information content (AvgIpc) is 3.73. The van der Waals surface area contributed by atoms with E-state index in [-0.39, 0.29) is 6.03 Å². The number of hydrogen-bond acceptors (Lipinski definition) is 7. The summed E-state index contributed by atoms with van der Waals surface area (Å²) in [5, 5.41) is 12.4. The Kier molecular flexibility index (Phi) is 6.55. The standard InChI is InChI=1S/C26H28N8O/c27-15-18-6-7-29-24(12-18)32-25-14-21(19-2-3-19)13-23(31-25)20-4-5-22(30-16-20)17-33-8-1-9-34(11-10-33)26(28)35/h4-7,12-14,16,19H,1-3,8-11,17H2,(H2,28,35)(H,29,31,32). The van der Waals surface area contributed by atoms with E-state index < -0.39 is 0 Å². The van der Waals surface area contributed by atoms with Crippen LogP contribution in [0.1, 0.15) is 42.0 Å². The van der Waals surface area contributed by atoms with Crippen LogP contribution in [0.2, 0.25) is 0 Å². The van der Waals surface area contributed by atoms with Crippen molar-refractivity contribution in [1.82, 2.24) is 24.8 Å². The molecular formula is C26H28N8O. The number of primary amides is 1. The topological polar surface area (TPSA) is 124 Å². The fourth-order valence-corrected chi connectivity index (χ4v) is 4.36. The fraction of sp³-hybridized carbons (Fsp3) is 0.346. The van der Waals surface area contributed by atoms with Crippen LogP contribution in [0.3, 0.4) is 0 Å². The Morgan fingerprint density at radius 1 is 1.09 bits per heavy atom. The third-order valence-electron chi connectivity index (χ3n) is 6.45. The molecule has 0 spiro atoms. The molecule has 3 aromatic rings. The largest absolute Gasteiger partial charge is 0.351 e. The summed E-state index contributed by atoms with van der Waals surface area (Å²) in [5.74, 6) is 1.86. The second kappa shape index (κ2) is 10.1. The Bertz CT molecular complexity index is 1250. The zero-order chi connectivity index (χ0) is 24.2. The van der Waals surface area contributed by atoms with Crippen LogP contribution in [-0.4, -0.2) is 57.0 Å². The van der Waals surface area contributed by atoms with Crippen molar-refractivity contribution < 1.29 is 4.79 Å². The first-order chi connectivity index (χ1) is 17.1. The lowest BCUT2D eigenvalue weighted by Gasteiger charge is -2.20. The minimum Gasteiger partial charge on any atom is -0.351 e. The van der Waals surface area contributed by atoms with Gasteiger partial charge in [-0.2, -0.15) is 5.26 Å². The van der Waals surface area contributed by atoms with E-state index >= 15 is 0 Å². The maximum absolute atomic E-state index is 11.5. The summed E-state index contributed by atoms with van der Waals surface area (Å²) in [6.45, 7) is 3.78. The quantitative estimate of drug-likeness (QED) is 0.566. The summed E-state index contributed by atoms with van der Waals surface area (Å²) in [7, 11) is 0. The smallest absolute Gasteiger partial charge is 0.314 e. The van der Waals surface area contributed by atoms with Gasteiger partial charge < -0.3 is 16.0 Å². The number of pyridine rings is 3. The van der Waals surface area contributed by atoms with Crippen molar-refractivity contribution in [3.63, 3.8) is 0 Å². The van der Waals surface area contributed by atoms with Crippen LogP contribution in [-0.2, 0) is 6.54 Å². The molecule has 9 nitrogen and oxygen atoms in total. The number of nitrogens with zero attached hydrogens (tertiary/aromatic N) is 6. The summed E-state index contributed by atoms with van der Waals surface area (Å²) in [6.07, 6.45) is 6.77. The highest BCUT2D eigenvalue weighted by Crippen LogP contribution is 2.42. The van der Waals surface area contributed by atoms with Gasteiger partial charge in [0, 0.05) is 50.7 Å². The van der Waals surface area contributed by atoms with E-state index in [4.69, 9.17) is 21.0 Å². The number of hydrogen-bond donors (Lipinski definition) is 2. The van der Waals surface area contributed by atoms with E-state index in [1.807, 2.05) is 12.3 Å². The molecule has 5 rings (SSSR count). The Labute approximate surface area is 204 Å². The zero-order valence-electron chi connectivity index (χ0n) is 19.5. The summed E-state index contributed by atoms with van der Waals surface area (Å²) >= 11 is 0. The van der Waals surface area contributed by atoms with Crippen molar-refractivity contribution >= 4 is 17.7 Å². The van der Waals surface area contributed by atoms with Crippen LogP contribution >= 0.6 is 0 Å². The van der Waals surface area contributed by atoms with Gasteiger partial charge in [-0.3, -0.25) is 9.88 Å². The predicted molar refractivity (Wildman–Crippen MR) is 133 cm³/mol. The molecule has 2 amide bonds. The molecule has 3 aromatic heterocycles. The number of carbonyl (C=O) groups is 1. The highest BCUT2D eigenvalue weighted by molar-refractivity contribution is 5.72. The van der Waals surface area contributed by atoms with Gasteiger partial charge in [-0.15, -0.1) is 0 Å². The molecule has 0 atom stereocenters. The van der Waals surface area contributed by atoms with Crippen LogP contribution < -0.4 is 11.1 Å². The molecule has 0 unspecified atom stereocenters. The second-order valence-electron chi connectivity index (χ2n) is 9.10. The van der Waals surface area contributed by atoms with Crippen molar-refractivity contribution in [1.29, 1.82) is 5.26 Å². The molecule has 1 saturated carbocycles. The monoisotopic (exact) mass is 468 g/mol. The third kappa shape index (κ3) is 5.73. The van der Waals surface area contributed by atoms with Gasteiger partial charge in [-0.05, 0) is 67.1 Å². The van der Waals surface area contributed by atoms with Gasteiger partial charge in [0.1, 0.15) is 11.6 Å². The molecule has 3 N–H and O–H groups in total. The Morgan fingerprint density at radius 3 is 2.71 bits per heavy atom. The molecule has 2 fully saturated rings. The summed E-state index contributed by atoms with van der Waals surface area (Å²) in [4.78, 5) is 29.3. The Balaban J connectivity index is 1.32. The summed E-state index contributed by atoms with van der Waals surface area (Å²) < 4.78 is 0. The molecule has 35 heavy (non-hydrogen) atoms. The molecule has 1 aliphatic heterocycles. The molecule has 9 heteroatoms. The lowest BCUT2D eigenvalue weighted by molar-refractivity contribution is 0.207. The molecule has 2 aliphatic rings. The molecule has 178 valence electrons. The van der Waals surface area contributed by atoms with E-state index in [1.165, 1.54) is 18.4 Å². The first-order valence-corrected chi connectivity index (χ1v) is 11.9. The number of urea groups is 1. The maximum atomic E-state index is 11.5. The van der Waals surface area contributed by atoms with Crippen LogP contribution in [0, 0.1) is 11.3 Å². The maximum Gasteiger partial charge on any atom is 0.314 e. The van der Waals surface area contributed by atoms with Gasteiger partial charge in [-0.25, -0.2) is 14.8 Å². The predicted octanol–water partition coefficient (Wildman–Crippen LogP) is 3.62. The SMILES string of the molecule is N#Cc1ccnc(Nc2cc(C3CC3)cc(-c3ccc(CN4CCCN(C(N)=O)CC4)nc3)n2)c1. The Morgan fingerprint density at radius 2 is 1.97 bits per heavy atom. The normalized spacial score (nSPS) is 16.4. The van der Waals surface area contributed by atoms with E-state index in [1.54, 1.807) is 23.2 Å². The number of nitrogens with two attached hydrogens (primary N) is 1. The fourth-order valence-electron chi connectivity index (χ4n) is 4.36. The lowest BCUT2D eigenvalue weighted by atomic mass is 10.1. The molecule has 4 heterocycles. The van der Waals surface area contributed by atoms with Gasteiger partial charge in [0.05, 0.1) is 23.0 Å². The van der Waals surface area contributed by atoms with E-state index in [0.29, 0.717) is 36.2 Å². The molecule has 1 aliphatic carbocycles. The van der Waals surface area contributed by atoms with E-state index in [0.717, 1.165) is 43.0 Å². The highest BCUT2D eigenvalue weighted by Gasteiger charge is 2.25. The Hall–Kier alpha value is -4.03. The number of amides is 2. The number of anilines is 2. The third-order valence-corrected chi connectivity index (χ3v) is 6.45. The lowest BCUT2D eigenvalue weighted by Crippen LogP contribution is -2.38. The molecule has 0 radical (unpaired) electrons. The summed E-state index contributed by atoms with van der Waals surface area (Å²) in [5.41, 5.74) is 10.0. The van der Waals surface area contributed by atoms with E-state index in [9.17, 15) is 4.79 Å². The first-order valence-electron chi connectivity index (χ1n) is 11.9. The highest BCUT2D eigenvalue weighted by atomic mass is 16.2.